The van der Waals surface area contributed by atoms with Crippen LogP contribution in [0.2, 0.25) is 0 Å². The molecule has 0 radical (unpaired) electrons. The normalized spacial score (nSPS) is 18.3. The average molecular weight is 437 g/mol. The van der Waals surface area contributed by atoms with E-state index in [0.29, 0.717) is 31.5 Å². The number of imide groups is 1. The van der Waals surface area contributed by atoms with Gasteiger partial charge in [0.05, 0.1) is 4.90 Å². The minimum absolute atomic E-state index is 0.166. The van der Waals surface area contributed by atoms with Crippen molar-refractivity contribution in [1.29, 1.82) is 0 Å². The largest absolute Gasteiger partial charge is 0.350 e. The molecule has 0 aromatic heterocycles. The van der Waals surface area contributed by atoms with Gasteiger partial charge in [-0.2, -0.15) is 4.31 Å². The van der Waals surface area contributed by atoms with Crippen LogP contribution in [0.3, 0.4) is 0 Å². The Bertz CT molecular complexity index is 919. The molecule has 30 heavy (non-hydrogen) atoms. The van der Waals surface area contributed by atoms with Gasteiger partial charge in [-0.05, 0) is 30.5 Å². The van der Waals surface area contributed by atoms with Crippen molar-refractivity contribution in [3.05, 3.63) is 29.8 Å². The minimum Gasteiger partial charge on any atom is -0.350 e. The van der Waals surface area contributed by atoms with Crippen molar-refractivity contribution in [1.82, 2.24) is 19.8 Å². The van der Waals surface area contributed by atoms with Crippen LogP contribution in [-0.4, -0.2) is 60.6 Å². The molecule has 3 rings (SSSR count). The van der Waals surface area contributed by atoms with Gasteiger partial charge in [-0.1, -0.05) is 38.8 Å². The van der Waals surface area contributed by atoms with Gasteiger partial charge in [0.15, 0.2) is 0 Å². The standard InChI is InChI=1S/C20H28N4O5S/c1-3-23(4-2)30(28,29)16-9-7-15(8-10-16)13-21-17(25)14-24-18(26)20(22-19(24)27)11-5-6-12-20/h7-10H,3-6,11-14H2,1-2H3,(H,21,25)(H,22,27). The molecule has 0 unspecified atom stereocenters. The van der Waals surface area contributed by atoms with Crippen LogP contribution < -0.4 is 10.6 Å². The van der Waals surface area contributed by atoms with Crippen molar-refractivity contribution >= 4 is 27.9 Å². The van der Waals surface area contributed by atoms with Gasteiger partial charge >= 0.3 is 6.03 Å². The van der Waals surface area contributed by atoms with Crippen LogP contribution >= 0.6 is 0 Å². The number of sulfonamides is 1. The molecule has 1 spiro atoms. The van der Waals surface area contributed by atoms with Crippen LogP contribution in [-0.2, 0) is 26.2 Å². The molecule has 1 saturated heterocycles. The van der Waals surface area contributed by atoms with Crippen molar-refractivity contribution in [2.24, 2.45) is 0 Å². The van der Waals surface area contributed by atoms with E-state index >= 15 is 0 Å². The first-order valence-electron chi connectivity index (χ1n) is 10.2. The van der Waals surface area contributed by atoms with Crippen molar-refractivity contribution in [3.8, 4) is 0 Å². The van der Waals surface area contributed by atoms with Gasteiger partial charge in [0.1, 0.15) is 12.1 Å². The monoisotopic (exact) mass is 436 g/mol. The van der Waals surface area contributed by atoms with Gasteiger partial charge in [-0.3, -0.25) is 14.5 Å². The highest BCUT2D eigenvalue weighted by atomic mass is 32.2. The second-order valence-electron chi connectivity index (χ2n) is 7.62. The van der Waals surface area contributed by atoms with Crippen molar-refractivity contribution in [2.45, 2.75) is 56.5 Å². The van der Waals surface area contributed by atoms with Gasteiger partial charge in [0, 0.05) is 19.6 Å². The molecule has 9 nitrogen and oxygen atoms in total. The molecule has 1 aliphatic heterocycles. The number of amides is 4. The lowest BCUT2D eigenvalue weighted by atomic mass is 9.98. The summed E-state index contributed by atoms with van der Waals surface area (Å²) in [7, 11) is -3.53. The van der Waals surface area contributed by atoms with E-state index in [2.05, 4.69) is 10.6 Å². The van der Waals surface area contributed by atoms with E-state index in [0.717, 1.165) is 17.7 Å². The van der Waals surface area contributed by atoms with Crippen LogP contribution in [0.25, 0.3) is 0 Å². The van der Waals surface area contributed by atoms with E-state index in [1.165, 1.54) is 16.4 Å². The lowest BCUT2D eigenvalue weighted by molar-refractivity contribution is -0.134. The number of carbonyl (C=O) groups is 3. The molecule has 1 aromatic rings. The second kappa shape index (κ2) is 8.73. The Kier molecular flexibility index (Phi) is 6.47. The molecule has 2 fully saturated rings. The van der Waals surface area contributed by atoms with Gasteiger partial charge in [0.25, 0.3) is 5.91 Å². The molecule has 1 heterocycles. The molecule has 1 aromatic carbocycles. The van der Waals surface area contributed by atoms with Gasteiger partial charge in [-0.25, -0.2) is 13.2 Å². The molecule has 10 heteroatoms. The summed E-state index contributed by atoms with van der Waals surface area (Å²) in [5.74, 6) is -0.778. The lowest BCUT2D eigenvalue weighted by Gasteiger charge is -2.20. The fourth-order valence-corrected chi connectivity index (χ4v) is 5.49. The minimum atomic E-state index is -3.53. The molecule has 164 valence electrons. The number of benzene rings is 1. The van der Waals surface area contributed by atoms with E-state index in [9.17, 15) is 22.8 Å². The molecule has 0 bridgehead atoms. The number of rotatable bonds is 8. The zero-order valence-electron chi connectivity index (χ0n) is 17.3. The zero-order chi connectivity index (χ0) is 21.9. The van der Waals surface area contributed by atoms with Crippen LogP contribution in [0, 0.1) is 0 Å². The van der Waals surface area contributed by atoms with E-state index in [-0.39, 0.29) is 23.9 Å². The molecule has 1 aliphatic carbocycles. The Hall–Kier alpha value is -2.46. The summed E-state index contributed by atoms with van der Waals surface area (Å²) in [6, 6.07) is 5.77. The Balaban J connectivity index is 1.56. The highest BCUT2D eigenvalue weighted by Gasteiger charge is 2.52. The van der Waals surface area contributed by atoms with E-state index in [4.69, 9.17) is 0 Å². The van der Waals surface area contributed by atoms with Crippen LogP contribution in [0.1, 0.15) is 45.1 Å². The Labute approximate surface area is 176 Å². The first-order valence-corrected chi connectivity index (χ1v) is 11.7. The topological polar surface area (TPSA) is 116 Å². The summed E-state index contributed by atoms with van der Waals surface area (Å²) >= 11 is 0. The predicted molar refractivity (Wildman–Crippen MR) is 110 cm³/mol. The Morgan fingerprint density at radius 2 is 1.73 bits per heavy atom. The fraction of sp³-hybridized carbons (Fsp3) is 0.550. The van der Waals surface area contributed by atoms with E-state index in [1.807, 2.05) is 0 Å². The highest BCUT2D eigenvalue weighted by molar-refractivity contribution is 7.89. The molecule has 1 saturated carbocycles. The van der Waals surface area contributed by atoms with Crippen molar-refractivity contribution in [2.75, 3.05) is 19.6 Å². The number of hydrogen-bond acceptors (Lipinski definition) is 5. The first kappa shape index (κ1) is 22.2. The fourth-order valence-electron chi connectivity index (χ4n) is 4.03. The number of nitrogens with zero attached hydrogens (tertiary/aromatic N) is 2. The Morgan fingerprint density at radius 1 is 1.13 bits per heavy atom. The number of hydrogen-bond donors (Lipinski definition) is 2. The maximum Gasteiger partial charge on any atom is 0.325 e. The predicted octanol–water partition coefficient (Wildman–Crippen LogP) is 1.20. The molecular weight excluding hydrogens is 408 g/mol. The average Bonchev–Trinajstić information content (AvgIpc) is 3.28. The maximum absolute atomic E-state index is 12.6. The third kappa shape index (κ3) is 4.20. The maximum atomic E-state index is 12.6. The van der Waals surface area contributed by atoms with Crippen molar-refractivity contribution in [3.63, 3.8) is 0 Å². The summed E-state index contributed by atoms with van der Waals surface area (Å²) in [6.45, 7) is 4.18. The van der Waals surface area contributed by atoms with Gasteiger partial charge < -0.3 is 10.6 Å². The molecule has 0 atom stereocenters. The van der Waals surface area contributed by atoms with Crippen LogP contribution in [0.5, 0.6) is 0 Å². The third-order valence-electron chi connectivity index (χ3n) is 5.76. The smallest absolute Gasteiger partial charge is 0.325 e. The SMILES string of the molecule is CCN(CC)S(=O)(=O)c1ccc(CNC(=O)CN2C(=O)NC3(CCCC3)C2=O)cc1. The first-order chi connectivity index (χ1) is 14.2. The number of urea groups is 1. The summed E-state index contributed by atoms with van der Waals surface area (Å²) in [4.78, 5) is 38.2. The molecule has 4 amide bonds. The van der Waals surface area contributed by atoms with Crippen LogP contribution in [0.4, 0.5) is 4.79 Å². The number of carbonyl (C=O) groups excluding carboxylic acids is 3. The van der Waals surface area contributed by atoms with Gasteiger partial charge in [0.2, 0.25) is 15.9 Å². The zero-order valence-corrected chi connectivity index (χ0v) is 18.1. The molecule has 2 aliphatic rings. The quantitative estimate of drug-likeness (QED) is 0.594. The number of nitrogens with one attached hydrogen (secondary N) is 2. The van der Waals surface area contributed by atoms with E-state index < -0.39 is 27.5 Å². The van der Waals surface area contributed by atoms with Crippen LogP contribution in [0.15, 0.2) is 29.2 Å². The highest BCUT2D eigenvalue weighted by Crippen LogP contribution is 2.34. The Morgan fingerprint density at radius 3 is 2.30 bits per heavy atom. The lowest BCUT2D eigenvalue weighted by Crippen LogP contribution is -2.45. The summed E-state index contributed by atoms with van der Waals surface area (Å²) < 4.78 is 26.4. The van der Waals surface area contributed by atoms with Crippen molar-refractivity contribution < 1.29 is 22.8 Å². The third-order valence-corrected chi connectivity index (χ3v) is 7.83. The second-order valence-corrected chi connectivity index (χ2v) is 9.56. The molecular formula is C20H28N4O5S. The summed E-state index contributed by atoms with van der Waals surface area (Å²) in [6.07, 6.45) is 2.98. The summed E-state index contributed by atoms with van der Waals surface area (Å²) in [5, 5.41) is 5.42. The van der Waals surface area contributed by atoms with E-state index in [1.54, 1.807) is 26.0 Å². The van der Waals surface area contributed by atoms with Gasteiger partial charge in [-0.15, -0.1) is 0 Å². The summed E-state index contributed by atoms with van der Waals surface area (Å²) in [5.41, 5.74) is -0.116. The molecule has 2 N–H and O–H groups in total.